The lowest BCUT2D eigenvalue weighted by molar-refractivity contribution is 0.182. The number of aliphatic hydroxyl groups is 1. The molecule has 0 aliphatic rings. The van der Waals surface area contributed by atoms with Gasteiger partial charge in [-0.25, -0.2) is 0 Å². The smallest absolute Gasteiger partial charge is 0.193 e. The van der Waals surface area contributed by atoms with Crippen molar-refractivity contribution in [2.45, 2.75) is 25.9 Å². The number of nitrogens with one attached hydrogen (secondary N) is 1. The molecular weight excluding hydrogens is 330 g/mol. The van der Waals surface area contributed by atoms with E-state index in [1.165, 1.54) is 5.56 Å². The third-order valence-corrected chi connectivity index (χ3v) is 4.06. The first-order chi connectivity index (χ1) is 12.4. The molecule has 140 valence electrons. The minimum absolute atomic E-state index is 0.103. The lowest BCUT2D eigenvalue weighted by atomic mass is 10.0. The average molecular weight is 357 g/mol. The average Bonchev–Trinajstić information content (AvgIpc) is 2.65. The Morgan fingerprint density at radius 1 is 1.15 bits per heavy atom. The van der Waals surface area contributed by atoms with E-state index >= 15 is 0 Å². The van der Waals surface area contributed by atoms with E-state index in [4.69, 9.17) is 15.2 Å². The van der Waals surface area contributed by atoms with Crippen LogP contribution in [0.3, 0.4) is 0 Å². The number of hydrogen-bond acceptors (Lipinski definition) is 4. The highest BCUT2D eigenvalue weighted by molar-refractivity contribution is 5.92. The molecule has 6 nitrogen and oxygen atoms in total. The molecule has 0 amide bonds. The van der Waals surface area contributed by atoms with Gasteiger partial charge in [-0.15, -0.1) is 0 Å². The van der Waals surface area contributed by atoms with Gasteiger partial charge in [0.15, 0.2) is 5.96 Å². The monoisotopic (exact) mass is 357 g/mol. The van der Waals surface area contributed by atoms with E-state index in [1.54, 1.807) is 32.4 Å². The first-order valence-corrected chi connectivity index (χ1v) is 8.51. The third-order valence-electron chi connectivity index (χ3n) is 4.06. The molecule has 0 bridgehead atoms. The van der Waals surface area contributed by atoms with Crippen LogP contribution < -0.4 is 20.5 Å². The molecule has 4 N–H and O–H groups in total. The molecule has 1 unspecified atom stereocenters. The van der Waals surface area contributed by atoms with Gasteiger partial charge in [-0.3, -0.25) is 4.99 Å². The quantitative estimate of drug-likeness (QED) is 0.523. The van der Waals surface area contributed by atoms with E-state index in [1.807, 2.05) is 18.2 Å². The number of benzene rings is 2. The lowest BCUT2D eigenvalue weighted by Gasteiger charge is -2.15. The first kappa shape index (κ1) is 19.6. The predicted octanol–water partition coefficient (Wildman–Crippen LogP) is 3.29. The minimum Gasteiger partial charge on any atom is -0.497 e. The highest BCUT2D eigenvalue weighted by Crippen LogP contribution is 2.29. The Kier molecular flexibility index (Phi) is 6.86. The molecule has 0 aromatic heterocycles. The number of ether oxygens (including phenoxy) is 2. The molecule has 2 aromatic rings. The lowest BCUT2D eigenvalue weighted by Crippen LogP contribution is -2.23. The number of nitrogens with zero attached hydrogens (tertiary/aromatic N) is 1. The van der Waals surface area contributed by atoms with Crippen LogP contribution in [0.4, 0.5) is 5.69 Å². The maximum atomic E-state index is 10.5. The number of anilines is 1. The SMILES string of the molecule is COc1ccc(OC)c(C(O)CN=C(N)Nc2cccc(C(C)C)c2)c1. The standard InChI is InChI=1S/C20H27N3O3/c1-13(2)14-6-5-7-15(10-14)23-20(21)22-12-18(24)17-11-16(25-3)8-9-19(17)26-4/h5-11,13,18,24H,12H2,1-4H3,(H3,21,22,23). The number of rotatable bonds is 7. The molecule has 0 radical (unpaired) electrons. The fourth-order valence-electron chi connectivity index (χ4n) is 2.55. The normalized spacial score (nSPS) is 12.8. The molecule has 0 aliphatic carbocycles. The van der Waals surface area contributed by atoms with Gasteiger partial charge in [0.25, 0.3) is 0 Å². The van der Waals surface area contributed by atoms with Crippen molar-refractivity contribution >= 4 is 11.6 Å². The molecule has 2 rings (SSSR count). The van der Waals surface area contributed by atoms with Crippen LogP contribution in [0.15, 0.2) is 47.5 Å². The van der Waals surface area contributed by atoms with Gasteiger partial charge in [-0.05, 0) is 41.8 Å². The van der Waals surface area contributed by atoms with E-state index in [0.717, 1.165) is 5.69 Å². The van der Waals surface area contributed by atoms with Crippen molar-refractivity contribution < 1.29 is 14.6 Å². The number of guanidine groups is 1. The van der Waals surface area contributed by atoms with Gasteiger partial charge in [0, 0.05) is 11.3 Å². The molecule has 2 aromatic carbocycles. The summed E-state index contributed by atoms with van der Waals surface area (Å²) in [5.74, 6) is 1.88. The molecule has 26 heavy (non-hydrogen) atoms. The number of hydrogen-bond donors (Lipinski definition) is 3. The highest BCUT2D eigenvalue weighted by Gasteiger charge is 2.14. The van der Waals surface area contributed by atoms with Crippen molar-refractivity contribution in [3.8, 4) is 11.5 Å². The van der Waals surface area contributed by atoms with E-state index in [0.29, 0.717) is 23.0 Å². The number of methoxy groups -OCH3 is 2. The van der Waals surface area contributed by atoms with E-state index in [9.17, 15) is 5.11 Å². The minimum atomic E-state index is -0.859. The summed E-state index contributed by atoms with van der Waals surface area (Å²) in [5, 5.41) is 13.5. The van der Waals surface area contributed by atoms with Crippen LogP contribution in [0.2, 0.25) is 0 Å². The summed E-state index contributed by atoms with van der Waals surface area (Å²) >= 11 is 0. The molecule has 0 aliphatic heterocycles. The van der Waals surface area contributed by atoms with Crippen LogP contribution in [-0.4, -0.2) is 31.8 Å². The molecule has 0 spiro atoms. The van der Waals surface area contributed by atoms with Crippen molar-refractivity contribution in [1.82, 2.24) is 0 Å². The zero-order valence-corrected chi connectivity index (χ0v) is 15.7. The summed E-state index contributed by atoms with van der Waals surface area (Å²) in [5.41, 5.74) is 8.64. The zero-order valence-electron chi connectivity index (χ0n) is 15.7. The Bertz CT molecular complexity index is 760. The summed E-state index contributed by atoms with van der Waals surface area (Å²) in [4.78, 5) is 4.24. The Morgan fingerprint density at radius 2 is 1.92 bits per heavy atom. The molecule has 6 heteroatoms. The first-order valence-electron chi connectivity index (χ1n) is 8.51. The van der Waals surface area contributed by atoms with Crippen LogP contribution in [0.25, 0.3) is 0 Å². The zero-order chi connectivity index (χ0) is 19.1. The molecule has 0 saturated carbocycles. The van der Waals surface area contributed by atoms with Gasteiger partial charge in [-0.2, -0.15) is 0 Å². The Balaban J connectivity index is 2.07. The Hall–Kier alpha value is -2.73. The number of nitrogens with two attached hydrogens (primary N) is 1. The molecule has 0 fully saturated rings. The summed E-state index contributed by atoms with van der Waals surface area (Å²) < 4.78 is 10.5. The van der Waals surface area contributed by atoms with Gasteiger partial charge >= 0.3 is 0 Å². The summed E-state index contributed by atoms with van der Waals surface area (Å²) in [6, 6.07) is 13.3. The van der Waals surface area contributed by atoms with Crippen molar-refractivity contribution in [3.63, 3.8) is 0 Å². The second-order valence-electron chi connectivity index (χ2n) is 6.25. The highest BCUT2D eigenvalue weighted by atomic mass is 16.5. The topological polar surface area (TPSA) is 89.1 Å². The van der Waals surface area contributed by atoms with Gasteiger partial charge in [0.2, 0.25) is 0 Å². The van der Waals surface area contributed by atoms with Crippen LogP contribution in [0, 0.1) is 0 Å². The summed E-state index contributed by atoms with van der Waals surface area (Å²) in [6.07, 6.45) is -0.859. The summed E-state index contributed by atoms with van der Waals surface area (Å²) in [6.45, 7) is 4.37. The molecule has 0 saturated heterocycles. The predicted molar refractivity (Wildman–Crippen MR) is 105 cm³/mol. The van der Waals surface area contributed by atoms with Crippen LogP contribution in [0.1, 0.15) is 37.0 Å². The van der Waals surface area contributed by atoms with E-state index in [-0.39, 0.29) is 12.5 Å². The second-order valence-corrected chi connectivity index (χ2v) is 6.25. The van der Waals surface area contributed by atoms with Crippen molar-refractivity contribution in [3.05, 3.63) is 53.6 Å². The van der Waals surface area contributed by atoms with Crippen molar-refractivity contribution in [2.75, 3.05) is 26.1 Å². The maximum Gasteiger partial charge on any atom is 0.193 e. The van der Waals surface area contributed by atoms with E-state index < -0.39 is 6.10 Å². The fourth-order valence-corrected chi connectivity index (χ4v) is 2.55. The van der Waals surface area contributed by atoms with Crippen LogP contribution in [0.5, 0.6) is 11.5 Å². The largest absolute Gasteiger partial charge is 0.497 e. The van der Waals surface area contributed by atoms with Crippen LogP contribution in [-0.2, 0) is 0 Å². The van der Waals surface area contributed by atoms with E-state index in [2.05, 4.69) is 30.2 Å². The molecular formula is C20H27N3O3. The van der Waals surface area contributed by atoms with Gasteiger partial charge < -0.3 is 25.6 Å². The fraction of sp³-hybridized carbons (Fsp3) is 0.350. The van der Waals surface area contributed by atoms with Gasteiger partial charge in [-0.1, -0.05) is 26.0 Å². The summed E-state index contributed by atoms with van der Waals surface area (Å²) in [7, 11) is 3.13. The number of aliphatic imine (C=N–C) groups is 1. The Morgan fingerprint density at radius 3 is 2.58 bits per heavy atom. The second kappa shape index (κ2) is 9.10. The van der Waals surface area contributed by atoms with Crippen LogP contribution >= 0.6 is 0 Å². The molecule has 1 atom stereocenters. The number of aliphatic hydroxyl groups excluding tert-OH is 1. The maximum absolute atomic E-state index is 10.5. The van der Waals surface area contributed by atoms with Gasteiger partial charge in [0.05, 0.1) is 20.8 Å². The molecule has 0 heterocycles. The Labute approximate surface area is 154 Å². The van der Waals surface area contributed by atoms with Gasteiger partial charge in [0.1, 0.15) is 17.6 Å². The van der Waals surface area contributed by atoms with Crippen molar-refractivity contribution in [1.29, 1.82) is 0 Å². The third kappa shape index (κ3) is 5.13. The van der Waals surface area contributed by atoms with Crippen molar-refractivity contribution in [2.24, 2.45) is 10.7 Å².